The first-order valence-electron chi connectivity index (χ1n) is 9.87. The minimum Gasteiger partial charge on any atom is -0.271 e. The molecular formula is C24H20N2O5S. The Morgan fingerprint density at radius 3 is 2.00 bits per heavy atom. The second-order valence-electron chi connectivity index (χ2n) is 7.51. The molecule has 0 atom stereocenters. The summed E-state index contributed by atoms with van der Waals surface area (Å²) in [4.78, 5) is 39.6. The molecule has 0 N–H and O–H groups in total. The Labute approximate surface area is 185 Å². The Morgan fingerprint density at radius 1 is 0.844 bits per heavy atom. The van der Waals surface area contributed by atoms with Crippen molar-refractivity contribution in [2.45, 2.75) is 18.7 Å². The maximum atomic E-state index is 13.5. The van der Waals surface area contributed by atoms with Crippen molar-refractivity contribution in [3.8, 4) is 0 Å². The van der Waals surface area contributed by atoms with E-state index in [9.17, 15) is 22.8 Å². The highest BCUT2D eigenvalue weighted by Crippen LogP contribution is 2.29. The van der Waals surface area contributed by atoms with Crippen LogP contribution in [0.25, 0.3) is 0 Å². The summed E-state index contributed by atoms with van der Waals surface area (Å²) < 4.78 is 27.7. The molecule has 0 aromatic heterocycles. The van der Waals surface area contributed by atoms with Crippen LogP contribution in [0, 0.1) is 13.8 Å². The summed E-state index contributed by atoms with van der Waals surface area (Å²) in [6.07, 6.45) is 0. The summed E-state index contributed by atoms with van der Waals surface area (Å²) in [6.45, 7) is 2.77. The third kappa shape index (κ3) is 3.58. The number of benzene rings is 3. The highest BCUT2D eigenvalue weighted by atomic mass is 32.2. The number of hydrogen-bond acceptors (Lipinski definition) is 5. The first kappa shape index (κ1) is 21.5. The maximum absolute atomic E-state index is 13.5. The van der Waals surface area contributed by atoms with Crippen molar-refractivity contribution < 1.29 is 22.8 Å². The number of carbonyl (C=O) groups excluding carboxylic acids is 3. The van der Waals surface area contributed by atoms with Crippen LogP contribution in [0.4, 0.5) is 5.69 Å². The van der Waals surface area contributed by atoms with E-state index in [2.05, 4.69) is 0 Å². The molecule has 0 fully saturated rings. The van der Waals surface area contributed by atoms with E-state index in [1.165, 1.54) is 24.3 Å². The Balaban J connectivity index is 1.78. The van der Waals surface area contributed by atoms with Gasteiger partial charge < -0.3 is 0 Å². The Hall–Kier alpha value is -3.78. The zero-order valence-corrected chi connectivity index (χ0v) is 18.3. The summed E-state index contributed by atoms with van der Waals surface area (Å²) in [5.41, 5.74) is 1.87. The van der Waals surface area contributed by atoms with Gasteiger partial charge in [0.1, 0.15) is 6.54 Å². The number of rotatable bonds is 5. The molecule has 0 aliphatic carbocycles. The fourth-order valence-electron chi connectivity index (χ4n) is 3.62. The van der Waals surface area contributed by atoms with E-state index in [1.54, 1.807) is 62.4 Å². The average molecular weight is 449 g/mol. The molecule has 0 bridgehead atoms. The van der Waals surface area contributed by atoms with Gasteiger partial charge in [0, 0.05) is 0 Å². The lowest BCUT2D eigenvalue weighted by Gasteiger charge is -2.26. The van der Waals surface area contributed by atoms with Gasteiger partial charge in [-0.3, -0.25) is 19.3 Å². The number of carbonyl (C=O) groups is 3. The number of sulfonamides is 1. The maximum Gasteiger partial charge on any atom is 0.270 e. The third-order valence-electron chi connectivity index (χ3n) is 5.26. The summed E-state index contributed by atoms with van der Waals surface area (Å²) in [5.74, 6) is -2.16. The molecule has 3 amide bonds. The largest absolute Gasteiger partial charge is 0.271 e. The van der Waals surface area contributed by atoms with E-state index in [1.807, 2.05) is 0 Å². The van der Waals surface area contributed by atoms with Gasteiger partial charge in [0.15, 0.2) is 0 Å². The fourth-order valence-corrected chi connectivity index (χ4v) is 5.11. The SMILES string of the molecule is Cc1ccc(C)c(N(C(=O)CN2C(=O)c3ccccc3C2=O)S(=O)(=O)c2ccccc2)c1. The molecule has 4 rings (SSSR count). The van der Waals surface area contributed by atoms with Crippen molar-refractivity contribution in [1.82, 2.24) is 4.90 Å². The van der Waals surface area contributed by atoms with E-state index in [0.717, 1.165) is 10.5 Å². The number of aryl methyl sites for hydroxylation is 2. The molecule has 7 nitrogen and oxygen atoms in total. The van der Waals surface area contributed by atoms with Crippen LogP contribution in [0.2, 0.25) is 0 Å². The van der Waals surface area contributed by atoms with Gasteiger partial charge in [-0.15, -0.1) is 0 Å². The highest BCUT2D eigenvalue weighted by Gasteiger charge is 2.40. The molecule has 162 valence electrons. The molecule has 3 aromatic carbocycles. The molecule has 8 heteroatoms. The van der Waals surface area contributed by atoms with Gasteiger partial charge >= 0.3 is 0 Å². The monoisotopic (exact) mass is 448 g/mol. The fraction of sp³-hybridized carbons (Fsp3) is 0.125. The normalized spacial score (nSPS) is 13.2. The molecule has 0 saturated carbocycles. The Morgan fingerprint density at radius 2 is 1.41 bits per heavy atom. The molecule has 32 heavy (non-hydrogen) atoms. The topological polar surface area (TPSA) is 91.8 Å². The van der Waals surface area contributed by atoms with Crippen molar-refractivity contribution in [3.05, 3.63) is 95.1 Å². The quantitative estimate of drug-likeness (QED) is 0.559. The first-order valence-corrected chi connectivity index (χ1v) is 11.3. The van der Waals surface area contributed by atoms with Gasteiger partial charge in [-0.1, -0.05) is 42.5 Å². The molecule has 0 radical (unpaired) electrons. The summed E-state index contributed by atoms with van der Waals surface area (Å²) in [7, 11) is -4.30. The molecule has 1 aliphatic heterocycles. The first-order chi connectivity index (χ1) is 15.2. The molecule has 0 spiro atoms. The van der Waals surface area contributed by atoms with E-state index in [-0.39, 0.29) is 21.7 Å². The number of nitrogens with zero attached hydrogens (tertiary/aromatic N) is 2. The lowest BCUT2D eigenvalue weighted by atomic mass is 10.1. The van der Waals surface area contributed by atoms with Crippen molar-refractivity contribution >= 4 is 33.4 Å². The van der Waals surface area contributed by atoms with E-state index in [4.69, 9.17) is 0 Å². The minimum absolute atomic E-state index is 0.0726. The lowest BCUT2D eigenvalue weighted by molar-refractivity contribution is -0.117. The zero-order chi connectivity index (χ0) is 23.0. The van der Waals surface area contributed by atoms with E-state index < -0.39 is 34.3 Å². The van der Waals surface area contributed by atoms with E-state index >= 15 is 0 Å². The van der Waals surface area contributed by atoms with Crippen LogP contribution in [-0.2, 0) is 14.8 Å². The molecule has 3 aromatic rings. The highest BCUT2D eigenvalue weighted by molar-refractivity contribution is 7.93. The smallest absolute Gasteiger partial charge is 0.270 e. The standard InChI is InChI=1S/C24H20N2O5S/c1-16-12-13-17(2)21(14-16)26(32(30,31)18-8-4-3-5-9-18)22(27)15-25-23(28)19-10-6-7-11-20(19)24(25)29/h3-14H,15H2,1-2H3. The number of anilines is 1. The Kier molecular flexibility index (Phi) is 5.40. The minimum atomic E-state index is -4.30. The van der Waals surface area contributed by atoms with Crippen molar-refractivity contribution in [2.75, 3.05) is 10.8 Å². The van der Waals surface area contributed by atoms with Crippen LogP contribution in [0.1, 0.15) is 31.8 Å². The Bertz CT molecular complexity index is 1310. The van der Waals surface area contributed by atoms with Gasteiger partial charge in [0.25, 0.3) is 27.7 Å². The van der Waals surface area contributed by atoms with Crippen LogP contribution in [0.3, 0.4) is 0 Å². The van der Waals surface area contributed by atoms with Crippen LogP contribution >= 0.6 is 0 Å². The number of amides is 3. The summed E-state index contributed by atoms with van der Waals surface area (Å²) >= 11 is 0. The predicted molar refractivity (Wildman–Crippen MR) is 119 cm³/mol. The number of hydrogen-bond donors (Lipinski definition) is 0. The average Bonchev–Trinajstić information content (AvgIpc) is 3.02. The molecule has 0 unspecified atom stereocenters. The molecule has 0 saturated heterocycles. The summed E-state index contributed by atoms with van der Waals surface area (Å²) in [6, 6.07) is 18.9. The second kappa shape index (κ2) is 8.05. The lowest BCUT2D eigenvalue weighted by Crippen LogP contribution is -2.45. The van der Waals surface area contributed by atoms with Crippen LogP contribution in [0.5, 0.6) is 0 Å². The second-order valence-corrected chi connectivity index (χ2v) is 9.29. The van der Waals surface area contributed by atoms with Crippen molar-refractivity contribution in [1.29, 1.82) is 0 Å². The van der Waals surface area contributed by atoms with Crippen LogP contribution in [-0.4, -0.2) is 37.6 Å². The van der Waals surface area contributed by atoms with Gasteiger partial charge in [-0.05, 0) is 55.3 Å². The summed E-state index contributed by atoms with van der Waals surface area (Å²) in [5, 5.41) is 0. The number of fused-ring (bicyclic) bond motifs is 1. The van der Waals surface area contributed by atoms with Gasteiger partial charge in [-0.2, -0.15) is 0 Å². The molecule has 1 aliphatic rings. The zero-order valence-electron chi connectivity index (χ0n) is 17.5. The molecular weight excluding hydrogens is 428 g/mol. The van der Waals surface area contributed by atoms with Crippen LogP contribution < -0.4 is 4.31 Å². The van der Waals surface area contributed by atoms with Crippen molar-refractivity contribution in [3.63, 3.8) is 0 Å². The van der Waals surface area contributed by atoms with Gasteiger partial charge in [0.05, 0.1) is 21.7 Å². The number of imide groups is 1. The van der Waals surface area contributed by atoms with Gasteiger partial charge in [-0.25, -0.2) is 12.7 Å². The predicted octanol–water partition coefficient (Wildman–Crippen LogP) is 3.32. The van der Waals surface area contributed by atoms with Crippen molar-refractivity contribution in [2.24, 2.45) is 0 Å². The van der Waals surface area contributed by atoms with Gasteiger partial charge in [0.2, 0.25) is 0 Å². The van der Waals surface area contributed by atoms with E-state index in [0.29, 0.717) is 9.87 Å². The molecule has 1 heterocycles. The third-order valence-corrected chi connectivity index (χ3v) is 7.01. The van der Waals surface area contributed by atoms with Crippen LogP contribution in [0.15, 0.2) is 77.7 Å².